The third kappa shape index (κ3) is 24.4. The van der Waals surface area contributed by atoms with Gasteiger partial charge in [-0.1, -0.05) is 13.8 Å². The average Bonchev–Trinajstić information content (AvgIpc) is 3.21. The van der Waals surface area contributed by atoms with Gasteiger partial charge in [-0.05, 0) is 43.5 Å². The summed E-state index contributed by atoms with van der Waals surface area (Å²) in [5.41, 5.74) is -0.138. The van der Waals surface area contributed by atoms with Crippen molar-refractivity contribution in [1.29, 1.82) is 0 Å². The maximum Gasteiger partial charge on any atom is 0.305 e. The summed E-state index contributed by atoms with van der Waals surface area (Å²) in [5, 5.41) is 50.4. The maximum atomic E-state index is 13.5. The van der Waals surface area contributed by atoms with Gasteiger partial charge < -0.3 is 71.3 Å². The van der Waals surface area contributed by atoms with Crippen molar-refractivity contribution < 1.29 is 91.7 Å². The molecule has 1 rings (SSSR count). The van der Waals surface area contributed by atoms with E-state index in [1.54, 1.807) is 0 Å². The number of carbonyl (C=O) groups excluding carboxylic acids is 6. The minimum Gasteiger partial charge on any atom is -0.481 e. The molecule has 0 bridgehead atoms. The van der Waals surface area contributed by atoms with Crippen LogP contribution < -0.4 is 31.9 Å². The van der Waals surface area contributed by atoms with E-state index in [1.165, 1.54) is 20.8 Å². The lowest BCUT2D eigenvalue weighted by atomic mass is 10.0. The summed E-state index contributed by atoms with van der Waals surface area (Å²) >= 11 is 0. The summed E-state index contributed by atoms with van der Waals surface area (Å²) in [6.07, 6.45) is -3.32. The predicted octanol–water partition coefficient (Wildman–Crippen LogP) is -1.99. The molecule has 25 heteroatoms. The van der Waals surface area contributed by atoms with E-state index in [-0.39, 0.29) is 71.4 Å². The van der Waals surface area contributed by atoms with Gasteiger partial charge in [0.25, 0.3) is 5.91 Å². The second-order valence-electron chi connectivity index (χ2n) is 14.1. The van der Waals surface area contributed by atoms with Crippen LogP contribution in [-0.4, -0.2) is 169 Å². The molecule has 0 radical (unpaired) electrons. The molecule has 0 aliphatic carbocycles. The predicted molar refractivity (Wildman–Crippen MR) is 216 cm³/mol. The van der Waals surface area contributed by atoms with Crippen LogP contribution in [0, 0.1) is 11.7 Å². The Hall–Kier alpha value is -6.31. The van der Waals surface area contributed by atoms with Crippen LogP contribution in [0.25, 0.3) is 0 Å². The lowest BCUT2D eigenvalue weighted by molar-refractivity contribution is -0.142. The van der Waals surface area contributed by atoms with Crippen LogP contribution in [-0.2, 0) is 62.1 Å². The number of ether oxygens (including phenoxy) is 4. The highest BCUT2D eigenvalue weighted by atomic mass is 19.1. The lowest BCUT2D eigenvalue weighted by Gasteiger charge is -2.28. The molecule has 5 atom stereocenters. The van der Waals surface area contributed by atoms with Crippen molar-refractivity contribution in [2.24, 2.45) is 5.92 Å². The van der Waals surface area contributed by atoms with E-state index >= 15 is 0 Å². The van der Waals surface area contributed by atoms with Crippen molar-refractivity contribution in [2.45, 2.75) is 83.1 Å². The Morgan fingerprint density at radius 3 is 1.47 bits per heavy atom. The number of benzene rings is 1. The van der Waals surface area contributed by atoms with Gasteiger partial charge in [0, 0.05) is 18.5 Å². The molecule has 24 nitrogen and oxygen atoms in total. The standard InChI is InChI=1S/C39H57FN6O18/c1-22(2)33(46-36(57)26(8-9-29(47)48)43-38(59)28(21-32(53)54)44-35(56)24-4-6-25(40)7-5-24)39(60)45-27(20-31(51)52)37(58)42-23(3)34(55)41-11-13-62-15-17-64-19-18-63-16-14-61-12-10-30(49)50/h4-7,22-23,26-28,33H,8-21H2,1-3H3,(H,41,55)(H,42,58)(H,43,59)(H,44,56)(H,45,60)(H,46,57)(H,47,48)(H,49,50)(H,51,52)(H,53,54)/t23-,26?,27?,28-,33-/m0/s1. The molecule has 1 aromatic rings. The van der Waals surface area contributed by atoms with Gasteiger partial charge in [-0.15, -0.1) is 0 Å². The van der Waals surface area contributed by atoms with Crippen molar-refractivity contribution >= 4 is 59.3 Å². The smallest absolute Gasteiger partial charge is 0.305 e. The highest BCUT2D eigenvalue weighted by Crippen LogP contribution is 2.09. The van der Waals surface area contributed by atoms with E-state index < -0.39 is 127 Å². The third-order valence-corrected chi connectivity index (χ3v) is 8.52. The Balaban J connectivity index is 2.80. The molecule has 64 heavy (non-hydrogen) atoms. The molecule has 0 aliphatic rings. The number of amides is 6. The Morgan fingerprint density at radius 1 is 0.516 bits per heavy atom. The van der Waals surface area contributed by atoms with Crippen molar-refractivity contribution in [3.05, 3.63) is 35.6 Å². The van der Waals surface area contributed by atoms with Gasteiger partial charge in [0.15, 0.2) is 0 Å². The van der Waals surface area contributed by atoms with Crippen LogP contribution in [0.3, 0.4) is 0 Å². The molecule has 1 aromatic carbocycles. The number of halogens is 1. The molecule has 2 unspecified atom stereocenters. The summed E-state index contributed by atoms with van der Waals surface area (Å²) in [6, 6.07) is -4.03. The molecule has 0 aromatic heterocycles. The summed E-state index contributed by atoms with van der Waals surface area (Å²) in [5.74, 6) is -13.0. The number of carboxylic acid groups (broad SMARTS) is 4. The van der Waals surface area contributed by atoms with Crippen LogP contribution >= 0.6 is 0 Å². The zero-order valence-corrected chi connectivity index (χ0v) is 35.6. The molecule has 10 N–H and O–H groups in total. The van der Waals surface area contributed by atoms with Crippen LogP contribution in [0.1, 0.15) is 63.2 Å². The molecule has 0 spiro atoms. The Bertz CT molecular complexity index is 1730. The number of nitrogens with one attached hydrogen (secondary N) is 6. The molecule has 0 fully saturated rings. The molecular weight excluding hydrogens is 859 g/mol. The lowest BCUT2D eigenvalue weighted by Crippen LogP contribution is -2.60. The highest BCUT2D eigenvalue weighted by Gasteiger charge is 2.34. The first-order valence-corrected chi connectivity index (χ1v) is 20.0. The summed E-state index contributed by atoms with van der Waals surface area (Å²) in [6.45, 7) is 5.85. The summed E-state index contributed by atoms with van der Waals surface area (Å²) in [7, 11) is 0. The topological polar surface area (TPSA) is 361 Å². The van der Waals surface area contributed by atoms with Gasteiger partial charge in [0.05, 0.1) is 72.1 Å². The fourth-order valence-corrected chi connectivity index (χ4v) is 5.17. The number of aliphatic carboxylic acids is 4. The maximum absolute atomic E-state index is 13.5. The highest BCUT2D eigenvalue weighted by molar-refractivity contribution is 6.00. The Labute approximate surface area is 366 Å². The van der Waals surface area contributed by atoms with Crippen LogP contribution in [0.2, 0.25) is 0 Å². The van der Waals surface area contributed by atoms with Gasteiger partial charge in [-0.3, -0.25) is 47.9 Å². The van der Waals surface area contributed by atoms with Crippen molar-refractivity contribution in [3.63, 3.8) is 0 Å². The van der Waals surface area contributed by atoms with Crippen molar-refractivity contribution in [3.8, 4) is 0 Å². The second-order valence-corrected chi connectivity index (χ2v) is 14.1. The fraction of sp³-hybridized carbons (Fsp3) is 0.590. The molecule has 0 saturated heterocycles. The molecule has 6 amide bonds. The first kappa shape index (κ1) is 55.7. The van der Waals surface area contributed by atoms with E-state index in [0.717, 1.165) is 24.3 Å². The van der Waals surface area contributed by atoms with E-state index in [1.807, 2.05) is 0 Å². The minimum atomic E-state index is -1.81. The first-order valence-electron chi connectivity index (χ1n) is 20.0. The van der Waals surface area contributed by atoms with E-state index in [9.17, 15) is 67.7 Å². The number of hydrogen-bond donors (Lipinski definition) is 10. The molecule has 0 saturated carbocycles. The quantitative estimate of drug-likeness (QED) is 0.0335. The largest absolute Gasteiger partial charge is 0.481 e. The van der Waals surface area contributed by atoms with E-state index in [4.69, 9.17) is 24.1 Å². The average molecular weight is 917 g/mol. The van der Waals surface area contributed by atoms with E-state index in [2.05, 4.69) is 31.9 Å². The molecular formula is C39H57FN6O18. The first-order chi connectivity index (χ1) is 30.2. The van der Waals surface area contributed by atoms with Crippen LogP contribution in [0.5, 0.6) is 0 Å². The zero-order valence-electron chi connectivity index (χ0n) is 35.6. The normalized spacial score (nSPS) is 13.3. The second kappa shape index (κ2) is 30.7. The van der Waals surface area contributed by atoms with Gasteiger partial charge >= 0.3 is 23.9 Å². The van der Waals surface area contributed by atoms with Crippen LogP contribution in [0.15, 0.2) is 24.3 Å². The van der Waals surface area contributed by atoms with Gasteiger partial charge in [-0.25, -0.2) is 4.39 Å². The Kier molecular flexibility index (Phi) is 26.7. The minimum absolute atomic E-state index is 0.0217. The van der Waals surface area contributed by atoms with Gasteiger partial charge in [0.1, 0.15) is 36.0 Å². The monoisotopic (exact) mass is 916 g/mol. The zero-order chi connectivity index (χ0) is 48.2. The van der Waals surface area contributed by atoms with Gasteiger partial charge in [0.2, 0.25) is 29.5 Å². The molecule has 358 valence electrons. The van der Waals surface area contributed by atoms with Gasteiger partial charge in [-0.2, -0.15) is 0 Å². The summed E-state index contributed by atoms with van der Waals surface area (Å²) in [4.78, 5) is 124. The SMILES string of the molecule is CC(C)[C@H](NC(=O)C(CCC(=O)O)NC(=O)[C@H](CC(=O)O)NC(=O)c1ccc(F)cc1)C(=O)NC(CC(=O)O)C(=O)N[C@@H](C)C(=O)NCCOCCOCCOCCOCCC(=O)O. The number of hydrogen-bond acceptors (Lipinski definition) is 14. The summed E-state index contributed by atoms with van der Waals surface area (Å²) < 4.78 is 34.4. The van der Waals surface area contributed by atoms with Crippen molar-refractivity contribution in [1.82, 2.24) is 31.9 Å². The molecule has 0 aliphatic heterocycles. The van der Waals surface area contributed by atoms with E-state index in [0.29, 0.717) is 0 Å². The fourth-order valence-electron chi connectivity index (χ4n) is 5.17. The Morgan fingerprint density at radius 2 is 0.969 bits per heavy atom. The molecule has 0 heterocycles. The van der Waals surface area contributed by atoms with Crippen LogP contribution in [0.4, 0.5) is 4.39 Å². The number of carboxylic acids is 4. The third-order valence-electron chi connectivity index (χ3n) is 8.52. The number of carbonyl (C=O) groups is 10. The van der Waals surface area contributed by atoms with Crippen molar-refractivity contribution in [2.75, 3.05) is 59.4 Å². The number of rotatable bonds is 34.